The molecule has 246 valence electrons. The number of halogens is 3. The number of aryl methyl sites for hydroxylation is 1. The highest BCUT2D eigenvalue weighted by atomic mass is 19.4. The number of benzene rings is 3. The first-order valence-corrected chi connectivity index (χ1v) is 14.7. The number of unbranched alkanes of at least 4 members (excludes halogenated alkanes) is 1. The maximum Gasteiger partial charge on any atom is 0.420 e. The lowest BCUT2D eigenvalue weighted by atomic mass is 9.87. The van der Waals surface area contributed by atoms with Crippen LogP contribution in [0.15, 0.2) is 86.0 Å². The molecule has 12 heteroatoms. The second-order valence-corrected chi connectivity index (χ2v) is 10.5. The molecule has 0 spiro atoms. The lowest BCUT2D eigenvalue weighted by molar-refractivity contribution is -0.139. The SMILES string of the molecule is C=CC(=O)NC1CCc2cc(C(=O)Oc3ccc(OC(=O)c4ccc(OCCCCOC(=O)C=C)cc4)cc3C(F)(F)F)ccc2C1. The van der Waals surface area contributed by atoms with Crippen LogP contribution in [0.5, 0.6) is 17.2 Å². The van der Waals surface area contributed by atoms with Gasteiger partial charge >= 0.3 is 24.1 Å². The van der Waals surface area contributed by atoms with E-state index in [9.17, 15) is 32.3 Å². The van der Waals surface area contributed by atoms with Crippen molar-refractivity contribution in [2.75, 3.05) is 13.2 Å². The smallest absolute Gasteiger partial charge is 0.420 e. The van der Waals surface area contributed by atoms with E-state index in [1.165, 1.54) is 36.4 Å². The van der Waals surface area contributed by atoms with Crippen molar-refractivity contribution >= 4 is 23.8 Å². The minimum Gasteiger partial charge on any atom is -0.494 e. The number of nitrogens with one attached hydrogen (secondary N) is 1. The molecule has 0 bridgehead atoms. The van der Waals surface area contributed by atoms with Crippen LogP contribution in [0.2, 0.25) is 0 Å². The highest BCUT2D eigenvalue weighted by Crippen LogP contribution is 2.39. The van der Waals surface area contributed by atoms with Gasteiger partial charge in [-0.1, -0.05) is 19.2 Å². The van der Waals surface area contributed by atoms with Crippen LogP contribution in [0.3, 0.4) is 0 Å². The third-order valence-electron chi connectivity index (χ3n) is 7.18. The molecule has 1 atom stereocenters. The zero-order valence-corrected chi connectivity index (χ0v) is 25.3. The quantitative estimate of drug-likeness (QED) is 0.101. The van der Waals surface area contributed by atoms with E-state index in [1.807, 2.05) is 0 Å². The van der Waals surface area contributed by atoms with Crippen molar-refractivity contribution in [1.82, 2.24) is 5.32 Å². The van der Waals surface area contributed by atoms with Gasteiger partial charge in [-0.25, -0.2) is 14.4 Å². The van der Waals surface area contributed by atoms with E-state index in [1.54, 1.807) is 12.1 Å². The normalized spacial score (nSPS) is 13.8. The Hall–Kier alpha value is -5.39. The number of hydrogen-bond acceptors (Lipinski definition) is 8. The predicted octanol–water partition coefficient (Wildman–Crippen LogP) is 6.19. The molecule has 0 aromatic heterocycles. The average Bonchev–Trinajstić information content (AvgIpc) is 3.06. The Morgan fingerprint density at radius 1 is 0.809 bits per heavy atom. The van der Waals surface area contributed by atoms with Gasteiger partial charge in [0.25, 0.3) is 0 Å². The molecule has 0 aliphatic heterocycles. The molecule has 3 aromatic carbocycles. The van der Waals surface area contributed by atoms with Crippen molar-refractivity contribution in [2.24, 2.45) is 0 Å². The van der Waals surface area contributed by atoms with Crippen LogP contribution < -0.4 is 19.5 Å². The van der Waals surface area contributed by atoms with E-state index < -0.39 is 41.1 Å². The number of carbonyl (C=O) groups excluding carboxylic acids is 4. The lowest BCUT2D eigenvalue weighted by Gasteiger charge is -2.25. The van der Waals surface area contributed by atoms with Crippen LogP contribution in [0.4, 0.5) is 13.2 Å². The Balaban J connectivity index is 1.36. The average molecular weight is 652 g/mol. The summed E-state index contributed by atoms with van der Waals surface area (Å²) in [6.07, 6.45) is 0.246. The number of ether oxygens (including phenoxy) is 4. The van der Waals surface area contributed by atoms with Crippen molar-refractivity contribution in [3.63, 3.8) is 0 Å². The molecule has 9 nitrogen and oxygen atoms in total. The third-order valence-corrected chi connectivity index (χ3v) is 7.18. The Labute approximate surface area is 269 Å². The second-order valence-electron chi connectivity index (χ2n) is 10.5. The van der Waals surface area contributed by atoms with Crippen LogP contribution in [0, 0.1) is 0 Å². The predicted molar refractivity (Wildman–Crippen MR) is 164 cm³/mol. The summed E-state index contributed by atoms with van der Waals surface area (Å²) in [5.41, 5.74) is 0.595. The molecular weight excluding hydrogens is 619 g/mol. The molecule has 0 heterocycles. The van der Waals surface area contributed by atoms with Crippen molar-refractivity contribution < 1.29 is 51.3 Å². The topological polar surface area (TPSA) is 117 Å². The lowest BCUT2D eigenvalue weighted by Crippen LogP contribution is -2.37. The number of esters is 3. The first-order chi connectivity index (χ1) is 22.5. The third kappa shape index (κ3) is 9.80. The van der Waals surface area contributed by atoms with E-state index in [0.717, 1.165) is 29.3 Å². The molecule has 1 aliphatic rings. The van der Waals surface area contributed by atoms with Gasteiger partial charge < -0.3 is 24.3 Å². The molecular formula is C35H32F3NO8. The van der Waals surface area contributed by atoms with Crippen molar-refractivity contribution in [3.8, 4) is 17.2 Å². The minimum absolute atomic E-state index is 0.0690. The molecule has 0 saturated heterocycles. The summed E-state index contributed by atoms with van der Waals surface area (Å²) in [6.45, 7) is 7.31. The van der Waals surface area contributed by atoms with E-state index in [-0.39, 0.29) is 29.7 Å². The van der Waals surface area contributed by atoms with Crippen molar-refractivity contribution in [3.05, 3.63) is 114 Å². The fourth-order valence-electron chi connectivity index (χ4n) is 4.79. The first-order valence-electron chi connectivity index (χ1n) is 14.7. The Morgan fingerprint density at radius 3 is 2.19 bits per heavy atom. The fourth-order valence-corrected chi connectivity index (χ4v) is 4.79. The molecule has 1 N–H and O–H groups in total. The number of amides is 1. The monoisotopic (exact) mass is 651 g/mol. The van der Waals surface area contributed by atoms with Gasteiger partial charge in [-0.15, -0.1) is 0 Å². The standard InChI is InChI=1S/C35H32F3NO8/c1-3-31(40)39-26-12-9-23-19-25(8-7-24(23)20-26)34(43)47-30-16-15-28(21-29(30)35(36,37)38)46-33(42)22-10-13-27(14-11-22)44-17-5-6-18-45-32(41)4-2/h3-4,7-8,10-11,13-16,19,21,26H,1-2,5-6,9,12,17-18,20H2,(H,39,40). The fraction of sp³-hybridized carbons (Fsp3) is 0.257. The molecule has 4 rings (SSSR count). The number of rotatable bonds is 13. The molecule has 47 heavy (non-hydrogen) atoms. The summed E-state index contributed by atoms with van der Waals surface area (Å²) < 4.78 is 62.7. The van der Waals surface area contributed by atoms with Gasteiger partial charge in [0.05, 0.1) is 24.3 Å². The van der Waals surface area contributed by atoms with E-state index >= 15 is 0 Å². The minimum atomic E-state index is -4.93. The summed E-state index contributed by atoms with van der Waals surface area (Å²) in [6, 6.07) is 13.1. The van der Waals surface area contributed by atoms with Gasteiger partial charge in [0.15, 0.2) is 0 Å². The van der Waals surface area contributed by atoms with Gasteiger partial charge in [-0.05, 0) is 104 Å². The Morgan fingerprint density at radius 2 is 1.49 bits per heavy atom. The van der Waals surface area contributed by atoms with E-state index in [0.29, 0.717) is 50.5 Å². The number of hydrogen-bond donors (Lipinski definition) is 1. The summed E-state index contributed by atoms with van der Waals surface area (Å²) in [4.78, 5) is 48.2. The molecule has 3 aromatic rings. The summed E-state index contributed by atoms with van der Waals surface area (Å²) in [7, 11) is 0. The highest BCUT2D eigenvalue weighted by molar-refractivity contribution is 5.92. The molecule has 0 saturated carbocycles. The molecule has 1 unspecified atom stereocenters. The highest BCUT2D eigenvalue weighted by Gasteiger charge is 2.36. The van der Waals surface area contributed by atoms with Crippen LogP contribution in [-0.4, -0.2) is 43.1 Å². The van der Waals surface area contributed by atoms with Crippen LogP contribution in [-0.2, 0) is 33.3 Å². The Kier molecular flexibility index (Phi) is 11.6. The van der Waals surface area contributed by atoms with Crippen LogP contribution >= 0.6 is 0 Å². The van der Waals surface area contributed by atoms with E-state index in [2.05, 4.69) is 18.5 Å². The molecule has 1 aliphatic carbocycles. The largest absolute Gasteiger partial charge is 0.494 e. The maximum absolute atomic E-state index is 14.0. The molecule has 0 fully saturated rings. The first kappa shape index (κ1) is 34.5. The second kappa shape index (κ2) is 15.7. The van der Waals surface area contributed by atoms with Crippen molar-refractivity contribution in [2.45, 2.75) is 44.3 Å². The maximum atomic E-state index is 14.0. The number of fused-ring (bicyclic) bond motifs is 1. The zero-order valence-electron chi connectivity index (χ0n) is 25.3. The van der Waals surface area contributed by atoms with Gasteiger partial charge in [-0.2, -0.15) is 13.2 Å². The summed E-state index contributed by atoms with van der Waals surface area (Å²) in [5.74, 6) is -3.36. The van der Waals surface area contributed by atoms with Gasteiger partial charge in [-0.3, -0.25) is 4.79 Å². The van der Waals surface area contributed by atoms with Gasteiger partial charge in [0.2, 0.25) is 5.91 Å². The van der Waals surface area contributed by atoms with Gasteiger partial charge in [0, 0.05) is 12.1 Å². The summed E-state index contributed by atoms with van der Waals surface area (Å²) >= 11 is 0. The molecule has 1 amide bonds. The summed E-state index contributed by atoms with van der Waals surface area (Å²) in [5, 5.41) is 2.84. The number of alkyl halides is 3. The van der Waals surface area contributed by atoms with Crippen LogP contribution in [0.1, 0.15) is 56.7 Å². The molecule has 0 radical (unpaired) electrons. The van der Waals surface area contributed by atoms with Crippen LogP contribution in [0.25, 0.3) is 0 Å². The van der Waals surface area contributed by atoms with Gasteiger partial charge in [0.1, 0.15) is 22.8 Å². The van der Waals surface area contributed by atoms with Crippen molar-refractivity contribution in [1.29, 1.82) is 0 Å². The van der Waals surface area contributed by atoms with E-state index in [4.69, 9.17) is 18.9 Å². The zero-order chi connectivity index (χ0) is 34.0. The Bertz CT molecular complexity index is 1650. The number of carbonyl (C=O) groups is 4.